The number of nitrogen functional groups attached to an aromatic ring is 1. The highest BCUT2D eigenvalue weighted by Crippen LogP contribution is 2.50. The van der Waals surface area contributed by atoms with E-state index in [1.165, 1.54) is 0 Å². The van der Waals surface area contributed by atoms with Gasteiger partial charge in [-0.1, -0.05) is 0 Å². The van der Waals surface area contributed by atoms with Crippen LogP contribution in [0.25, 0.3) is 0 Å². The Hall–Kier alpha value is -1.84. The lowest BCUT2D eigenvalue weighted by Gasteiger charge is -2.27. The van der Waals surface area contributed by atoms with Gasteiger partial charge < -0.3 is 20.7 Å². The summed E-state index contributed by atoms with van der Waals surface area (Å²) >= 11 is 0. The van der Waals surface area contributed by atoms with E-state index in [1.54, 1.807) is 4.90 Å². The fourth-order valence-electron chi connectivity index (χ4n) is 2.16. The highest BCUT2D eigenvalue weighted by molar-refractivity contribution is 5.45. The fraction of sp³-hybridized carbons (Fsp3) is 0.727. The molecule has 1 saturated heterocycles. The first-order valence-electron chi connectivity index (χ1n) is 6.59. The number of alkyl halides is 3. The largest absolute Gasteiger partial charge is 0.411 e. The summed E-state index contributed by atoms with van der Waals surface area (Å²) in [6, 6.07) is 0. The zero-order valence-electron chi connectivity index (χ0n) is 11.2. The number of hydrogen-bond acceptors (Lipinski definition) is 7. The highest BCUT2D eigenvalue weighted by Gasteiger charge is 2.64. The first-order valence-corrected chi connectivity index (χ1v) is 6.59. The van der Waals surface area contributed by atoms with Crippen LogP contribution < -0.4 is 16.0 Å². The molecule has 1 aliphatic heterocycles. The van der Waals surface area contributed by atoms with Crippen molar-refractivity contribution in [1.82, 2.24) is 15.0 Å². The topological polar surface area (TPSA) is 89.2 Å². The standard InChI is InChI=1S/C11H15F3N6O/c12-11(13,14)10(1-2-10)19-8-16-7(15)17-9(18-8)20-3-5-21-6-4-20/h1-6H2,(H3,15,16,17,18,19). The van der Waals surface area contributed by atoms with Gasteiger partial charge in [-0.25, -0.2) is 0 Å². The number of nitrogens with one attached hydrogen (secondary N) is 1. The Labute approximate surface area is 118 Å². The Morgan fingerprint density at radius 1 is 1.14 bits per heavy atom. The second-order valence-electron chi connectivity index (χ2n) is 5.12. The lowest BCUT2D eigenvalue weighted by Crippen LogP contribution is -2.40. The van der Waals surface area contributed by atoms with Gasteiger partial charge in [-0.15, -0.1) is 0 Å². The van der Waals surface area contributed by atoms with Gasteiger partial charge in [0.1, 0.15) is 5.54 Å². The monoisotopic (exact) mass is 304 g/mol. The first-order chi connectivity index (χ1) is 9.90. The SMILES string of the molecule is Nc1nc(NC2(C(F)(F)F)CC2)nc(N2CCOCC2)n1. The van der Waals surface area contributed by atoms with E-state index in [1.807, 2.05) is 0 Å². The van der Waals surface area contributed by atoms with Gasteiger partial charge in [0.05, 0.1) is 13.2 Å². The molecule has 0 atom stereocenters. The van der Waals surface area contributed by atoms with E-state index in [-0.39, 0.29) is 30.7 Å². The maximum Gasteiger partial charge on any atom is 0.411 e. The van der Waals surface area contributed by atoms with Crippen LogP contribution in [0, 0.1) is 0 Å². The summed E-state index contributed by atoms with van der Waals surface area (Å²) in [5, 5.41) is 2.36. The van der Waals surface area contributed by atoms with Crippen molar-refractivity contribution in [3.05, 3.63) is 0 Å². The second-order valence-corrected chi connectivity index (χ2v) is 5.12. The van der Waals surface area contributed by atoms with Crippen molar-refractivity contribution in [3.63, 3.8) is 0 Å². The van der Waals surface area contributed by atoms with Gasteiger partial charge in [-0.2, -0.15) is 28.1 Å². The van der Waals surface area contributed by atoms with Crippen molar-refractivity contribution in [2.24, 2.45) is 0 Å². The van der Waals surface area contributed by atoms with E-state index in [2.05, 4.69) is 20.3 Å². The normalized spacial score (nSPS) is 21.2. The number of ether oxygens (including phenoxy) is 1. The number of hydrogen-bond donors (Lipinski definition) is 2. The van der Waals surface area contributed by atoms with Crippen molar-refractivity contribution < 1.29 is 17.9 Å². The number of halogens is 3. The van der Waals surface area contributed by atoms with Crippen molar-refractivity contribution in [2.75, 3.05) is 42.3 Å². The molecule has 21 heavy (non-hydrogen) atoms. The third-order valence-electron chi connectivity index (χ3n) is 3.58. The quantitative estimate of drug-likeness (QED) is 0.853. The summed E-state index contributed by atoms with van der Waals surface area (Å²) < 4.78 is 44.0. The average molecular weight is 304 g/mol. The zero-order valence-corrected chi connectivity index (χ0v) is 11.2. The number of anilines is 3. The van der Waals surface area contributed by atoms with Crippen LogP contribution in [0.3, 0.4) is 0 Å². The van der Waals surface area contributed by atoms with Gasteiger partial charge in [0.15, 0.2) is 0 Å². The molecule has 1 saturated carbocycles. The Bertz CT molecular complexity index is 527. The number of rotatable bonds is 3. The van der Waals surface area contributed by atoms with E-state index >= 15 is 0 Å². The van der Waals surface area contributed by atoms with E-state index in [4.69, 9.17) is 10.5 Å². The van der Waals surface area contributed by atoms with Gasteiger partial charge in [-0.05, 0) is 12.8 Å². The minimum absolute atomic E-state index is 0.00890. The fourth-order valence-corrected chi connectivity index (χ4v) is 2.16. The van der Waals surface area contributed by atoms with Crippen LogP contribution in [0.4, 0.5) is 31.0 Å². The molecule has 2 fully saturated rings. The molecule has 1 aromatic heterocycles. The molecule has 3 N–H and O–H groups in total. The minimum Gasteiger partial charge on any atom is -0.378 e. The number of aromatic nitrogens is 3. The molecule has 0 unspecified atom stereocenters. The molecule has 0 amide bonds. The molecule has 1 aromatic rings. The molecule has 0 bridgehead atoms. The Balaban J connectivity index is 1.81. The van der Waals surface area contributed by atoms with Crippen molar-refractivity contribution in [3.8, 4) is 0 Å². The van der Waals surface area contributed by atoms with Gasteiger partial charge >= 0.3 is 6.18 Å². The Kier molecular flexibility index (Phi) is 3.27. The summed E-state index contributed by atoms with van der Waals surface area (Å²) in [5.41, 5.74) is 3.65. The molecular weight excluding hydrogens is 289 g/mol. The summed E-state index contributed by atoms with van der Waals surface area (Å²) in [5.74, 6) is 0.0251. The van der Waals surface area contributed by atoms with E-state index < -0.39 is 11.7 Å². The minimum atomic E-state index is -4.34. The molecule has 0 aromatic carbocycles. The predicted molar refractivity (Wildman–Crippen MR) is 68.9 cm³/mol. The van der Waals surface area contributed by atoms with E-state index in [9.17, 15) is 13.2 Å². The smallest absolute Gasteiger partial charge is 0.378 e. The van der Waals surface area contributed by atoms with Gasteiger partial charge in [0.25, 0.3) is 0 Å². The summed E-state index contributed by atoms with van der Waals surface area (Å²) in [7, 11) is 0. The highest BCUT2D eigenvalue weighted by atomic mass is 19.4. The predicted octanol–water partition coefficient (Wildman–Crippen LogP) is 0.797. The summed E-state index contributed by atoms with van der Waals surface area (Å²) in [4.78, 5) is 13.6. The van der Waals surface area contributed by atoms with E-state index in [0.717, 1.165) is 0 Å². The molecule has 0 radical (unpaired) electrons. The number of morpholine rings is 1. The maximum atomic E-state index is 12.9. The van der Waals surface area contributed by atoms with E-state index in [0.29, 0.717) is 26.3 Å². The molecule has 10 heteroatoms. The molecule has 3 rings (SSSR count). The molecule has 2 aliphatic rings. The lowest BCUT2D eigenvalue weighted by atomic mass is 10.3. The number of nitrogens with two attached hydrogens (primary N) is 1. The molecular formula is C11H15F3N6O. The Morgan fingerprint density at radius 3 is 2.38 bits per heavy atom. The summed E-state index contributed by atoms with van der Waals surface area (Å²) in [6.45, 7) is 2.16. The van der Waals surface area contributed by atoms with Crippen LogP contribution in [-0.2, 0) is 4.74 Å². The van der Waals surface area contributed by atoms with Crippen LogP contribution in [0.15, 0.2) is 0 Å². The van der Waals surface area contributed by atoms with Gasteiger partial charge in [0, 0.05) is 13.1 Å². The maximum absolute atomic E-state index is 12.9. The van der Waals surface area contributed by atoms with Crippen LogP contribution >= 0.6 is 0 Å². The van der Waals surface area contributed by atoms with Crippen LogP contribution in [-0.4, -0.2) is 53.0 Å². The molecule has 116 valence electrons. The van der Waals surface area contributed by atoms with Gasteiger partial charge in [-0.3, -0.25) is 0 Å². The van der Waals surface area contributed by atoms with Crippen molar-refractivity contribution >= 4 is 17.8 Å². The van der Waals surface area contributed by atoms with Gasteiger partial charge in [0.2, 0.25) is 17.8 Å². The third kappa shape index (κ3) is 2.80. The van der Waals surface area contributed by atoms with Crippen LogP contribution in [0.5, 0.6) is 0 Å². The number of nitrogens with zero attached hydrogens (tertiary/aromatic N) is 4. The molecule has 1 aliphatic carbocycles. The zero-order chi connectivity index (χ0) is 15.1. The van der Waals surface area contributed by atoms with Crippen LogP contribution in [0.2, 0.25) is 0 Å². The third-order valence-corrected chi connectivity index (χ3v) is 3.58. The molecule has 2 heterocycles. The second kappa shape index (κ2) is 4.86. The molecule has 7 nitrogen and oxygen atoms in total. The molecule has 0 spiro atoms. The van der Waals surface area contributed by atoms with Crippen LogP contribution in [0.1, 0.15) is 12.8 Å². The summed E-state index contributed by atoms with van der Waals surface area (Å²) in [6.07, 6.45) is -4.32. The Morgan fingerprint density at radius 2 is 1.81 bits per heavy atom. The lowest BCUT2D eigenvalue weighted by molar-refractivity contribution is -0.151. The average Bonchev–Trinajstić information content (AvgIpc) is 3.19. The van der Waals surface area contributed by atoms with Crippen molar-refractivity contribution in [2.45, 2.75) is 24.6 Å². The first kappa shape index (κ1) is 14.1. The van der Waals surface area contributed by atoms with Crippen molar-refractivity contribution in [1.29, 1.82) is 0 Å².